The lowest BCUT2D eigenvalue weighted by atomic mass is 9.94. The first-order valence-corrected chi connectivity index (χ1v) is 6.35. The van der Waals surface area contributed by atoms with E-state index in [4.69, 9.17) is 0 Å². The van der Waals surface area contributed by atoms with Crippen LogP contribution in [-0.2, 0) is 12.8 Å². The molecule has 0 spiro atoms. The van der Waals surface area contributed by atoms with Gasteiger partial charge in [0.15, 0.2) is 0 Å². The molecule has 0 saturated heterocycles. The number of nitrogens with one attached hydrogen (secondary N) is 1. The van der Waals surface area contributed by atoms with Crippen molar-refractivity contribution < 1.29 is 0 Å². The molecule has 2 aromatic rings. The van der Waals surface area contributed by atoms with Crippen LogP contribution in [0.4, 0.5) is 0 Å². The van der Waals surface area contributed by atoms with E-state index in [0.29, 0.717) is 0 Å². The zero-order valence-electron chi connectivity index (χ0n) is 10.8. The van der Waals surface area contributed by atoms with E-state index < -0.39 is 0 Å². The Morgan fingerprint density at radius 3 is 2.67 bits per heavy atom. The van der Waals surface area contributed by atoms with E-state index in [0.717, 1.165) is 41.8 Å². The van der Waals surface area contributed by atoms with E-state index >= 15 is 0 Å². The standard InChI is InChI=1S/C15H17N3/c1-3-5-12-8-11(4-2)14(9-13(12)10-16)15-17-6-7-18-15/h6-9H,3-5H2,1-2H3,(H,17,18). The highest BCUT2D eigenvalue weighted by Crippen LogP contribution is 2.25. The smallest absolute Gasteiger partial charge is 0.137 e. The molecular formula is C15H17N3. The number of H-pyrrole nitrogens is 1. The van der Waals surface area contributed by atoms with Crippen molar-refractivity contribution in [3.63, 3.8) is 0 Å². The Morgan fingerprint density at radius 1 is 1.28 bits per heavy atom. The number of aromatic amines is 1. The zero-order valence-corrected chi connectivity index (χ0v) is 10.8. The van der Waals surface area contributed by atoms with Gasteiger partial charge in [0.2, 0.25) is 0 Å². The largest absolute Gasteiger partial charge is 0.345 e. The van der Waals surface area contributed by atoms with E-state index in [1.54, 1.807) is 12.4 Å². The molecule has 3 nitrogen and oxygen atoms in total. The molecule has 1 N–H and O–H groups in total. The lowest BCUT2D eigenvalue weighted by Crippen LogP contribution is -1.97. The van der Waals surface area contributed by atoms with Crippen LogP contribution >= 0.6 is 0 Å². The van der Waals surface area contributed by atoms with Crippen LogP contribution in [0.2, 0.25) is 0 Å². The Labute approximate surface area is 107 Å². The summed E-state index contributed by atoms with van der Waals surface area (Å²) >= 11 is 0. The summed E-state index contributed by atoms with van der Waals surface area (Å²) in [4.78, 5) is 7.39. The number of benzene rings is 1. The van der Waals surface area contributed by atoms with Gasteiger partial charge in [0.25, 0.3) is 0 Å². The normalized spacial score (nSPS) is 10.3. The fourth-order valence-electron chi connectivity index (χ4n) is 2.20. The average molecular weight is 239 g/mol. The van der Waals surface area contributed by atoms with Gasteiger partial charge in [-0.25, -0.2) is 4.98 Å². The monoisotopic (exact) mass is 239 g/mol. The van der Waals surface area contributed by atoms with Crippen molar-refractivity contribution in [2.45, 2.75) is 33.1 Å². The first-order chi connectivity index (χ1) is 8.80. The van der Waals surface area contributed by atoms with Crippen LogP contribution in [0.25, 0.3) is 11.4 Å². The van der Waals surface area contributed by atoms with Crippen LogP contribution in [0, 0.1) is 11.3 Å². The summed E-state index contributed by atoms with van der Waals surface area (Å²) in [5.74, 6) is 0.839. The summed E-state index contributed by atoms with van der Waals surface area (Å²) in [6, 6.07) is 6.41. The molecule has 1 aromatic carbocycles. The van der Waals surface area contributed by atoms with Crippen LogP contribution in [-0.4, -0.2) is 9.97 Å². The molecule has 0 unspecified atom stereocenters. The van der Waals surface area contributed by atoms with Crippen molar-refractivity contribution in [1.82, 2.24) is 9.97 Å². The average Bonchev–Trinajstić information content (AvgIpc) is 2.92. The lowest BCUT2D eigenvalue weighted by Gasteiger charge is -2.10. The van der Waals surface area contributed by atoms with Crippen LogP contribution in [0.1, 0.15) is 37.0 Å². The van der Waals surface area contributed by atoms with E-state index in [1.807, 2.05) is 6.07 Å². The second-order valence-corrected chi connectivity index (χ2v) is 4.32. The molecule has 0 aliphatic carbocycles. The second-order valence-electron chi connectivity index (χ2n) is 4.32. The van der Waals surface area contributed by atoms with Gasteiger partial charge in [-0.2, -0.15) is 5.26 Å². The molecule has 0 amide bonds. The molecule has 0 saturated carbocycles. The van der Waals surface area contributed by atoms with Gasteiger partial charge in [0.05, 0.1) is 11.6 Å². The van der Waals surface area contributed by atoms with Gasteiger partial charge in [-0.15, -0.1) is 0 Å². The summed E-state index contributed by atoms with van der Waals surface area (Å²) in [6.45, 7) is 4.26. The first kappa shape index (κ1) is 12.4. The molecule has 2 rings (SSSR count). The Bertz CT molecular complexity index is 562. The molecule has 0 fully saturated rings. The van der Waals surface area contributed by atoms with Crippen molar-refractivity contribution in [3.05, 3.63) is 41.2 Å². The van der Waals surface area contributed by atoms with Crippen LogP contribution in [0.15, 0.2) is 24.5 Å². The van der Waals surface area contributed by atoms with E-state index in [1.165, 1.54) is 5.56 Å². The molecule has 0 radical (unpaired) electrons. The molecule has 0 aliphatic heterocycles. The van der Waals surface area contributed by atoms with Crippen LogP contribution < -0.4 is 0 Å². The van der Waals surface area contributed by atoms with Crippen LogP contribution in [0.5, 0.6) is 0 Å². The third-order valence-electron chi connectivity index (χ3n) is 3.10. The van der Waals surface area contributed by atoms with E-state index in [2.05, 4.69) is 36.0 Å². The minimum Gasteiger partial charge on any atom is -0.345 e. The highest BCUT2D eigenvalue weighted by Gasteiger charge is 2.11. The number of hydrogen-bond donors (Lipinski definition) is 1. The number of nitrogens with zero attached hydrogens (tertiary/aromatic N) is 2. The first-order valence-electron chi connectivity index (χ1n) is 6.35. The molecule has 0 atom stereocenters. The molecule has 0 aliphatic rings. The highest BCUT2D eigenvalue weighted by atomic mass is 14.9. The maximum atomic E-state index is 9.25. The topological polar surface area (TPSA) is 52.5 Å². The van der Waals surface area contributed by atoms with Gasteiger partial charge in [-0.3, -0.25) is 0 Å². The zero-order chi connectivity index (χ0) is 13.0. The minimum absolute atomic E-state index is 0.764. The molecule has 1 aromatic heterocycles. The molecule has 0 bridgehead atoms. The van der Waals surface area contributed by atoms with Gasteiger partial charge in [-0.05, 0) is 30.0 Å². The van der Waals surface area contributed by atoms with Crippen molar-refractivity contribution in [2.75, 3.05) is 0 Å². The maximum Gasteiger partial charge on any atom is 0.137 e. The minimum atomic E-state index is 0.764. The fourth-order valence-corrected chi connectivity index (χ4v) is 2.20. The molecule has 1 heterocycles. The van der Waals surface area contributed by atoms with Gasteiger partial charge in [0.1, 0.15) is 5.82 Å². The Hall–Kier alpha value is -2.08. The number of rotatable bonds is 4. The predicted molar refractivity (Wildman–Crippen MR) is 72.1 cm³/mol. The SMILES string of the molecule is CCCc1cc(CC)c(-c2ncc[nH]2)cc1C#N. The number of aryl methyl sites for hydroxylation is 2. The highest BCUT2D eigenvalue weighted by molar-refractivity contribution is 5.64. The third kappa shape index (κ3) is 2.28. The third-order valence-corrected chi connectivity index (χ3v) is 3.10. The maximum absolute atomic E-state index is 9.25. The quantitative estimate of drug-likeness (QED) is 0.888. The number of aromatic nitrogens is 2. The van der Waals surface area contributed by atoms with Gasteiger partial charge < -0.3 is 4.98 Å². The Kier molecular flexibility index (Phi) is 3.78. The van der Waals surface area contributed by atoms with E-state index in [-0.39, 0.29) is 0 Å². The van der Waals surface area contributed by atoms with Crippen molar-refractivity contribution in [1.29, 1.82) is 5.26 Å². The predicted octanol–water partition coefficient (Wildman–Crippen LogP) is 3.46. The Morgan fingerprint density at radius 2 is 2.11 bits per heavy atom. The van der Waals surface area contributed by atoms with Crippen LogP contribution in [0.3, 0.4) is 0 Å². The van der Waals surface area contributed by atoms with Crippen molar-refractivity contribution >= 4 is 0 Å². The number of imidazole rings is 1. The molecule has 92 valence electrons. The Balaban J connectivity index is 2.57. The summed E-state index contributed by atoms with van der Waals surface area (Å²) in [5, 5.41) is 9.25. The number of nitriles is 1. The summed E-state index contributed by atoms with van der Waals surface area (Å²) in [7, 11) is 0. The molecule has 18 heavy (non-hydrogen) atoms. The van der Waals surface area contributed by atoms with Gasteiger partial charge >= 0.3 is 0 Å². The lowest BCUT2D eigenvalue weighted by molar-refractivity contribution is 0.913. The summed E-state index contributed by atoms with van der Waals surface area (Å²) in [5.41, 5.74) is 4.19. The molecular weight excluding hydrogens is 222 g/mol. The van der Waals surface area contributed by atoms with E-state index in [9.17, 15) is 5.26 Å². The molecule has 3 heteroatoms. The van der Waals surface area contributed by atoms with Gasteiger partial charge in [0, 0.05) is 18.0 Å². The fraction of sp³-hybridized carbons (Fsp3) is 0.333. The van der Waals surface area contributed by atoms with Crippen molar-refractivity contribution in [2.24, 2.45) is 0 Å². The summed E-state index contributed by atoms with van der Waals surface area (Å²) < 4.78 is 0. The van der Waals surface area contributed by atoms with Gasteiger partial charge in [-0.1, -0.05) is 26.3 Å². The summed E-state index contributed by atoms with van der Waals surface area (Å²) in [6.07, 6.45) is 6.49. The second kappa shape index (κ2) is 5.50. The number of hydrogen-bond acceptors (Lipinski definition) is 2. The van der Waals surface area contributed by atoms with Crippen molar-refractivity contribution in [3.8, 4) is 17.5 Å².